The molecule has 1 N–H and O–H groups in total. The van der Waals surface area contributed by atoms with Gasteiger partial charge in [-0.2, -0.15) is 0 Å². The molecule has 4 nitrogen and oxygen atoms in total. The molecule has 1 heterocycles. The van der Waals surface area contributed by atoms with E-state index < -0.39 is 0 Å². The molecule has 27 heavy (non-hydrogen) atoms. The quantitative estimate of drug-likeness (QED) is 0.438. The number of carbonyl (C=O) groups is 2. The van der Waals surface area contributed by atoms with Crippen LogP contribution in [0.3, 0.4) is 0 Å². The lowest BCUT2D eigenvalue weighted by Gasteiger charge is -2.09. The van der Waals surface area contributed by atoms with Crippen LogP contribution in [0.15, 0.2) is 70.5 Å². The average Bonchev–Trinajstić information content (AvgIpc) is 3.22. The second kappa shape index (κ2) is 9.48. The van der Waals surface area contributed by atoms with Gasteiger partial charge in [-0.15, -0.1) is 23.5 Å². The number of para-hydroxylation sites is 1. The number of methoxy groups -OCH3 is 1. The minimum absolute atomic E-state index is 0.205. The molecular formula is C21H19NO3S2. The topological polar surface area (TPSA) is 55.4 Å². The molecule has 3 rings (SSSR count). The molecule has 0 unspecified atom stereocenters. The van der Waals surface area contributed by atoms with Crippen molar-refractivity contribution in [2.45, 2.75) is 0 Å². The van der Waals surface area contributed by atoms with E-state index >= 15 is 0 Å². The molecule has 0 radical (unpaired) electrons. The second-order valence-corrected chi connectivity index (χ2v) is 8.12. The highest BCUT2D eigenvalue weighted by atomic mass is 32.2. The third-order valence-electron chi connectivity index (χ3n) is 3.80. The van der Waals surface area contributed by atoms with Gasteiger partial charge in [-0.05, 0) is 35.9 Å². The van der Waals surface area contributed by atoms with Gasteiger partial charge < -0.3 is 10.1 Å². The van der Waals surface area contributed by atoms with Crippen LogP contribution in [-0.2, 0) is 9.59 Å². The lowest BCUT2D eigenvalue weighted by Crippen LogP contribution is -2.20. The Kier molecular flexibility index (Phi) is 6.79. The molecular weight excluding hydrogens is 378 g/mol. The Balaban J connectivity index is 1.80. The third kappa shape index (κ3) is 5.28. The molecule has 1 aliphatic heterocycles. The highest BCUT2D eigenvalue weighted by Crippen LogP contribution is 2.39. The van der Waals surface area contributed by atoms with Gasteiger partial charge in [0, 0.05) is 17.2 Å². The number of ether oxygens (including phenoxy) is 1. The standard InChI is InChI=1S/C21H19NO3S2/c1-25-17-10-7-15(8-11-17)9-12-18(23)19(21-26-13-14-27-21)20(24)22-16-5-3-2-4-6-16/h2-12H,13-14H2,1H3,(H,22,24). The summed E-state index contributed by atoms with van der Waals surface area (Å²) in [5, 5.41) is 2.82. The summed E-state index contributed by atoms with van der Waals surface area (Å²) < 4.78 is 5.92. The Bertz CT molecular complexity index is 866. The first-order valence-electron chi connectivity index (χ1n) is 8.40. The Morgan fingerprint density at radius 1 is 1.00 bits per heavy atom. The lowest BCUT2D eigenvalue weighted by atomic mass is 10.1. The number of hydrogen-bond acceptors (Lipinski definition) is 5. The van der Waals surface area contributed by atoms with Crippen LogP contribution in [0.4, 0.5) is 5.69 Å². The van der Waals surface area contributed by atoms with Crippen LogP contribution in [-0.4, -0.2) is 30.3 Å². The Morgan fingerprint density at radius 2 is 1.67 bits per heavy atom. The van der Waals surface area contributed by atoms with Gasteiger partial charge in [0.2, 0.25) is 0 Å². The number of amides is 1. The van der Waals surface area contributed by atoms with E-state index in [2.05, 4.69) is 5.32 Å². The van der Waals surface area contributed by atoms with Crippen LogP contribution >= 0.6 is 23.5 Å². The normalized spacial score (nSPS) is 13.6. The first-order chi connectivity index (χ1) is 13.2. The number of thioether (sulfide) groups is 2. The summed E-state index contributed by atoms with van der Waals surface area (Å²) in [5.74, 6) is 1.88. The molecule has 2 aromatic rings. The molecule has 0 aliphatic carbocycles. The zero-order valence-electron chi connectivity index (χ0n) is 14.8. The summed E-state index contributed by atoms with van der Waals surface area (Å²) in [6.07, 6.45) is 3.16. The average molecular weight is 398 g/mol. The molecule has 0 atom stereocenters. The number of allylic oxidation sites excluding steroid dienone is 1. The van der Waals surface area contributed by atoms with E-state index in [1.54, 1.807) is 48.8 Å². The van der Waals surface area contributed by atoms with E-state index in [1.165, 1.54) is 6.08 Å². The number of rotatable bonds is 6. The van der Waals surface area contributed by atoms with E-state index in [1.807, 2.05) is 42.5 Å². The summed E-state index contributed by atoms with van der Waals surface area (Å²) in [6, 6.07) is 16.5. The monoisotopic (exact) mass is 397 g/mol. The number of benzene rings is 2. The van der Waals surface area contributed by atoms with Crippen LogP contribution in [0.5, 0.6) is 5.75 Å². The van der Waals surface area contributed by atoms with Gasteiger partial charge in [0.15, 0.2) is 5.78 Å². The fourth-order valence-corrected chi connectivity index (χ4v) is 4.99. The van der Waals surface area contributed by atoms with Gasteiger partial charge in [0.25, 0.3) is 5.91 Å². The highest BCUT2D eigenvalue weighted by molar-refractivity contribution is 8.25. The molecule has 0 saturated carbocycles. The SMILES string of the molecule is COc1ccc(C=CC(=O)C(C(=O)Nc2ccccc2)=C2SCCS2)cc1. The summed E-state index contributed by atoms with van der Waals surface area (Å²) in [5.41, 5.74) is 1.74. The number of nitrogens with one attached hydrogen (secondary N) is 1. The summed E-state index contributed by atoms with van der Waals surface area (Å²) in [7, 11) is 1.61. The van der Waals surface area contributed by atoms with Gasteiger partial charge in [-0.25, -0.2) is 0 Å². The van der Waals surface area contributed by atoms with Crippen molar-refractivity contribution < 1.29 is 14.3 Å². The number of ketones is 1. The van der Waals surface area contributed by atoms with E-state index in [0.717, 1.165) is 27.1 Å². The number of hydrogen-bond donors (Lipinski definition) is 1. The van der Waals surface area contributed by atoms with Crippen molar-refractivity contribution in [1.29, 1.82) is 0 Å². The first kappa shape index (κ1) is 19.3. The molecule has 1 fully saturated rings. The van der Waals surface area contributed by atoms with E-state index in [4.69, 9.17) is 4.74 Å². The summed E-state index contributed by atoms with van der Waals surface area (Å²) in [4.78, 5) is 25.6. The van der Waals surface area contributed by atoms with Crippen LogP contribution < -0.4 is 10.1 Å². The van der Waals surface area contributed by atoms with Gasteiger partial charge in [0.1, 0.15) is 11.3 Å². The van der Waals surface area contributed by atoms with E-state index in [9.17, 15) is 9.59 Å². The molecule has 0 bridgehead atoms. The highest BCUT2D eigenvalue weighted by Gasteiger charge is 2.25. The molecule has 1 aliphatic rings. The maximum Gasteiger partial charge on any atom is 0.261 e. The molecule has 6 heteroatoms. The maximum atomic E-state index is 12.8. The zero-order chi connectivity index (χ0) is 19.1. The van der Waals surface area contributed by atoms with Gasteiger partial charge >= 0.3 is 0 Å². The number of carbonyl (C=O) groups excluding carboxylic acids is 2. The Morgan fingerprint density at radius 3 is 2.30 bits per heavy atom. The van der Waals surface area contributed by atoms with Crippen LogP contribution in [0.1, 0.15) is 5.56 Å². The summed E-state index contributed by atoms with van der Waals surface area (Å²) >= 11 is 3.11. The second-order valence-electron chi connectivity index (χ2n) is 5.65. The van der Waals surface area contributed by atoms with Crippen molar-refractivity contribution in [1.82, 2.24) is 0 Å². The van der Waals surface area contributed by atoms with Crippen LogP contribution in [0.25, 0.3) is 6.08 Å². The zero-order valence-corrected chi connectivity index (χ0v) is 16.4. The predicted octanol–water partition coefficient (Wildman–Crippen LogP) is 4.61. The van der Waals surface area contributed by atoms with Crippen LogP contribution in [0.2, 0.25) is 0 Å². The van der Waals surface area contributed by atoms with E-state index in [0.29, 0.717) is 5.69 Å². The Labute approximate surface area is 167 Å². The summed E-state index contributed by atoms with van der Waals surface area (Å²) in [6.45, 7) is 0. The minimum Gasteiger partial charge on any atom is -0.497 e. The van der Waals surface area contributed by atoms with Gasteiger partial charge in [-0.3, -0.25) is 9.59 Å². The van der Waals surface area contributed by atoms with Crippen molar-refractivity contribution in [3.8, 4) is 5.75 Å². The van der Waals surface area contributed by atoms with Gasteiger partial charge in [-0.1, -0.05) is 36.4 Å². The van der Waals surface area contributed by atoms with Crippen molar-refractivity contribution in [3.63, 3.8) is 0 Å². The van der Waals surface area contributed by atoms with Gasteiger partial charge in [0.05, 0.1) is 11.3 Å². The molecule has 1 saturated heterocycles. The fourth-order valence-electron chi connectivity index (χ4n) is 2.45. The third-order valence-corrected chi connectivity index (χ3v) is 6.52. The smallest absolute Gasteiger partial charge is 0.261 e. The van der Waals surface area contributed by atoms with Crippen molar-refractivity contribution >= 4 is 47.0 Å². The fraction of sp³-hybridized carbons (Fsp3) is 0.143. The minimum atomic E-state index is -0.373. The molecule has 1 amide bonds. The molecule has 2 aromatic carbocycles. The Hall–Kier alpha value is -2.44. The van der Waals surface area contributed by atoms with Crippen molar-refractivity contribution in [2.24, 2.45) is 0 Å². The maximum absolute atomic E-state index is 12.8. The molecule has 0 spiro atoms. The van der Waals surface area contributed by atoms with E-state index in [-0.39, 0.29) is 17.3 Å². The van der Waals surface area contributed by atoms with Crippen molar-refractivity contribution in [3.05, 3.63) is 76.0 Å². The largest absolute Gasteiger partial charge is 0.497 e. The number of anilines is 1. The van der Waals surface area contributed by atoms with Crippen molar-refractivity contribution in [2.75, 3.05) is 23.9 Å². The first-order valence-corrected chi connectivity index (χ1v) is 10.4. The predicted molar refractivity (Wildman–Crippen MR) is 114 cm³/mol. The van der Waals surface area contributed by atoms with Crippen LogP contribution in [0, 0.1) is 0 Å². The molecule has 0 aromatic heterocycles. The lowest BCUT2D eigenvalue weighted by molar-refractivity contribution is -0.117. The molecule has 138 valence electrons.